The van der Waals surface area contributed by atoms with Crippen molar-refractivity contribution in [2.45, 2.75) is 25.5 Å². The first-order valence-corrected chi connectivity index (χ1v) is 9.30. The van der Waals surface area contributed by atoms with Gasteiger partial charge in [-0.3, -0.25) is 4.79 Å². The van der Waals surface area contributed by atoms with Crippen LogP contribution >= 0.6 is 11.6 Å². The van der Waals surface area contributed by atoms with Crippen LogP contribution in [0, 0.1) is 5.92 Å². The Kier molecular flexibility index (Phi) is 5.83. The smallest absolute Gasteiger partial charge is 0.310 e. The minimum atomic E-state index is -3.45. The first kappa shape index (κ1) is 17.2. The summed E-state index contributed by atoms with van der Waals surface area (Å²) < 4.78 is 31.4. The summed E-state index contributed by atoms with van der Waals surface area (Å²) in [6.07, 6.45) is 1.34. The van der Waals surface area contributed by atoms with Gasteiger partial charge in [0.2, 0.25) is 10.0 Å². The molecule has 1 aliphatic heterocycles. The van der Waals surface area contributed by atoms with Crippen LogP contribution in [0.25, 0.3) is 0 Å². The summed E-state index contributed by atoms with van der Waals surface area (Å²) >= 11 is 5.80. The highest BCUT2D eigenvalue weighted by molar-refractivity contribution is 7.88. The van der Waals surface area contributed by atoms with Gasteiger partial charge in [-0.25, -0.2) is 12.7 Å². The number of esters is 1. The minimum absolute atomic E-state index is 0.0836. The zero-order chi connectivity index (χ0) is 16.2. The molecular formula is C15H20ClNO4S. The van der Waals surface area contributed by atoms with Crippen molar-refractivity contribution in [3.63, 3.8) is 0 Å². The Morgan fingerprint density at radius 1 is 1.36 bits per heavy atom. The Bertz CT molecular complexity index is 615. The van der Waals surface area contributed by atoms with Crippen LogP contribution in [0.4, 0.5) is 0 Å². The second kappa shape index (κ2) is 7.44. The molecule has 0 aliphatic carbocycles. The highest BCUT2D eigenvalue weighted by atomic mass is 35.5. The number of rotatable bonds is 5. The Morgan fingerprint density at radius 2 is 2.05 bits per heavy atom. The third-order valence-electron chi connectivity index (χ3n) is 3.66. The summed E-state index contributed by atoms with van der Waals surface area (Å²) in [5.74, 6) is -0.762. The average molecular weight is 346 g/mol. The fourth-order valence-corrected chi connectivity index (χ4v) is 4.27. The lowest BCUT2D eigenvalue weighted by Crippen LogP contribution is -2.43. The van der Waals surface area contributed by atoms with E-state index in [0.717, 1.165) is 0 Å². The monoisotopic (exact) mass is 345 g/mol. The van der Waals surface area contributed by atoms with E-state index in [4.69, 9.17) is 16.3 Å². The fraction of sp³-hybridized carbons (Fsp3) is 0.533. The van der Waals surface area contributed by atoms with E-state index >= 15 is 0 Å². The first-order chi connectivity index (χ1) is 10.4. The van der Waals surface area contributed by atoms with Crippen molar-refractivity contribution in [1.82, 2.24) is 4.31 Å². The number of benzene rings is 1. The van der Waals surface area contributed by atoms with Crippen LogP contribution in [-0.2, 0) is 25.3 Å². The third-order valence-corrected chi connectivity index (χ3v) is 5.73. The summed E-state index contributed by atoms with van der Waals surface area (Å²) in [5, 5.41) is 0.571. The quantitative estimate of drug-likeness (QED) is 0.769. The molecule has 0 N–H and O–H groups in total. The Labute approximate surface area is 136 Å². The second-order valence-corrected chi connectivity index (χ2v) is 7.74. The van der Waals surface area contributed by atoms with Gasteiger partial charge in [-0.05, 0) is 37.5 Å². The molecule has 122 valence electrons. The lowest BCUT2D eigenvalue weighted by molar-refractivity contribution is -0.149. The number of carbonyl (C=O) groups is 1. The van der Waals surface area contributed by atoms with Crippen LogP contribution in [0.5, 0.6) is 0 Å². The fourth-order valence-electron chi connectivity index (χ4n) is 2.53. The van der Waals surface area contributed by atoms with Crippen molar-refractivity contribution in [3.8, 4) is 0 Å². The molecule has 2 rings (SSSR count). The van der Waals surface area contributed by atoms with Crippen LogP contribution in [0.2, 0.25) is 5.02 Å². The molecule has 7 heteroatoms. The van der Waals surface area contributed by atoms with Crippen molar-refractivity contribution in [2.24, 2.45) is 5.92 Å². The predicted octanol–water partition coefficient (Wildman–Crippen LogP) is 2.44. The van der Waals surface area contributed by atoms with Crippen molar-refractivity contribution in [3.05, 3.63) is 34.9 Å². The molecule has 0 spiro atoms. The van der Waals surface area contributed by atoms with Gasteiger partial charge in [0.15, 0.2) is 0 Å². The van der Waals surface area contributed by atoms with Crippen LogP contribution in [-0.4, -0.2) is 38.4 Å². The lowest BCUT2D eigenvalue weighted by Gasteiger charge is -2.30. The van der Waals surface area contributed by atoms with Gasteiger partial charge in [-0.2, -0.15) is 0 Å². The van der Waals surface area contributed by atoms with Gasteiger partial charge in [-0.1, -0.05) is 23.7 Å². The zero-order valence-corrected chi connectivity index (χ0v) is 14.1. The highest BCUT2D eigenvalue weighted by Crippen LogP contribution is 2.23. The van der Waals surface area contributed by atoms with E-state index in [0.29, 0.717) is 36.6 Å². The largest absolute Gasteiger partial charge is 0.466 e. The number of piperidine rings is 1. The molecule has 1 aromatic carbocycles. The molecule has 0 amide bonds. The molecule has 0 saturated carbocycles. The number of ether oxygens (including phenoxy) is 1. The standard InChI is InChI=1S/C15H20ClNO4S/c1-2-21-15(18)13-4-3-9-17(10-13)22(19,20)11-12-5-7-14(16)8-6-12/h5-8,13H,2-4,9-11H2,1H3/t13-/m1/s1. The van der Waals surface area contributed by atoms with Gasteiger partial charge >= 0.3 is 5.97 Å². The van der Waals surface area contributed by atoms with Crippen molar-refractivity contribution in [2.75, 3.05) is 19.7 Å². The number of sulfonamides is 1. The molecule has 1 atom stereocenters. The van der Waals surface area contributed by atoms with E-state index in [1.165, 1.54) is 4.31 Å². The molecule has 1 heterocycles. The number of hydrogen-bond donors (Lipinski definition) is 0. The van der Waals surface area contributed by atoms with Crippen molar-refractivity contribution in [1.29, 1.82) is 0 Å². The maximum Gasteiger partial charge on any atom is 0.310 e. The molecule has 1 aromatic rings. The molecule has 22 heavy (non-hydrogen) atoms. The molecular weight excluding hydrogens is 326 g/mol. The summed E-state index contributed by atoms with van der Waals surface area (Å²) in [5.41, 5.74) is 0.683. The highest BCUT2D eigenvalue weighted by Gasteiger charge is 2.33. The topological polar surface area (TPSA) is 63.7 Å². The van der Waals surface area contributed by atoms with E-state index < -0.39 is 10.0 Å². The van der Waals surface area contributed by atoms with Crippen molar-refractivity contribution < 1.29 is 17.9 Å². The summed E-state index contributed by atoms with van der Waals surface area (Å²) in [6.45, 7) is 2.71. The van der Waals surface area contributed by atoms with Gasteiger partial charge in [-0.15, -0.1) is 0 Å². The molecule has 1 fully saturated rings. The average Bonchev–Trinajstić information content (AvgIpc) is 2.50. The van der Waals surface area contributed by atoms with Crippen LogP contribution in [0.3, 0.4) is 0 Å². The van der Waals surface area contributed by atoms with E-state index in [1.54, 1.807) is 31.2 Å². The van der Waals surface area contributed by atoms with Gasteiger partial charge in [0, 0.05) is 18.1 Å². The van der Waals surface area contributed by atoms with E-state index in [2.05, 4.69) is 0 Å². The Balaban J connectivity index is 2.05. The van der Waals surface area contributed by atoms with Gasteiger partial charge < -0.3 is 4.74 Å². The molecule has 0 radical (unpaired) electrons. The van der Waals surface area contributed by atoms with E-state index in [1.807, 2.05) is 0 Å². The van der Waals surface area contributed by atoms with E-state index in [-0.39, 0.29) is 24.2 Å². The normalized spacial score (nSPS) is 19.8. The molecule has 0 unspecified atom stereocenters. The maximum atomic E-state index is 12.5. The SMILES string of the molecule is CCOC(=O)[C@@H]1CCCN(S(=O)(=O)Cc2ccc(Cl)cc2)C1. The van der Waals surface area contributed by atoms with Gasteiger partial charge in [0.1, 0.15) is 0 Å². The van der Waals surface area contributed by atoms with Crippen molar-refractivity contribution >= 4 is 27.6 Å². The Morgan fingerprint density at radius 3 is 2.68 bits per heavy atom. The maximum absolute atomic E-state index is 12.5. The molecule has 0 bridgehead atoms. The summed E-state index contributed by atoms with van der Waals surface area (Å²) in [4.78, 5) is 11.8. The molecule has 5 nitrogen and oxygen atoms in total. The molecule has 1 saturated heterocycles. The summed E-state index contributed by atoms with van der Waals surface area (Å²) in [6, 6.07) is 6.74. The molecule has 0 aromatic heterocycles. The second-order valence-electron chi connectivity index (χ2n) is 5.33. The molecule has 1 aliphatic rings. The van der Waals surface area contributed by atoms with Gasteiger partial charge in [0.05, 0.1) is 18.3 Å². The predicted molar refractivity (Wildman–Crippen MR) is 85.0 cm³/mol. The zero-order valence-electron chi connectivity index (χ0n) is 12.5. The summed E-state index contributed by atoms with van der Waals surface area (Å²) in [7, 11) is -3.45. The Hall–Kier alpha value is -1.11. The first-order valence-electron chi connectivity index (χ1n) is 7.31. The number of nitrogens with zero attached hydrogens (tertiary/aromatic N) is 1. The number of carbonyl (C=O) groups excluding carboxylic acids is 1. The van der Waals surface area contributed by atoms with Crippen LogP contribution in [0.1, 0.15) is 25.3 Å². The van der Waals surface area contributed by atoms with Crippen LogP contribution in [0.15, 0.2) is 24.3 Å². The minimum Gasteiger partial charge on any atom is -0.466 e. The van der Waals surface area contributed by atoms with E-state index in [9.17, 15) is 13.2 Å². The van der Waals surface area contributed by atoms with Crippen LogP contribution < -0.4 is 0 Å². The number of hydrogen-bond acceptors (Lipinski definition) is 4. The number of halogens is 1. The third kappa shape index (κ3) is 4.44. The lowest BCUT2D eigenvalue weighted by atomic mass is 10.0. The van der Waals surface area contributed by atoms with Gasteiger partial charge in [0.25, 0.3) is 0 Å².